The Morgan fingerprint density at radius 1 is 1.17 bits per heavy atom. The summed E-state index contributed by atoms with van der Waals surface area (Å²) in [4.78, 5) is 29.5. The second kappa shape index (κ2) is 8.86. The molecule has 0 saturated heterocycles. The molecule has 2 N–H and O–H groups in total. The molecule has 29 heavy (non-hydrogen) atoms. The van der Waals surface area contributed by atoms with Gasteiger partial charge in [0, 0.05) is 12.2 Å². The van der Waals surface area contributed by atoms with Crippen LogP contribution in [0.2, 0.25) is 0 Å². The first-order valence-corrected chi connectivity index (χ1v) is 9.86. The standard InChI is InChI=1S/C22H27N5O2/c1-5-10-23-21(28)16(4)26-22(29)18-11-15(3)25-20-19(18)12-24-27(20)13-17-8-6-14(2)7-9-17/h6-9,11-12,16H,5,10,13H2,1-4H3,(H,23,28)(H,26,29). The zero-order valence-corrected chi connectivity index (χ0v) is 17.3. The molecular weight excluding hydrogens is 366 g/mol. The number of hydrogen-bond donors (Lipinski definition) is 2. The van der Waals surface area contributed by atoms with Crippen LogP contribution in [0.4, 0.5) is 0 Å². The summed E-state index contributed by atoms with van der Waals surface area (Å²) in [6.45, 7) is 8.70. The van der Waals surface area contributed by atoms with Crippen molar-refractivity contribution in [1.82, 2.24) is 25.4 Å². The zero-order valence-electron chi connectivity index (χ0n) is 17.3. The number of nitrogens with one attached hydrogen (secondary N) is 2. The van der Waals surface area contributed by atoms with Crippen molar-refractivity contribution in [3.8, 4) is 0 Å². The smallest absolute Gasteiger partial charge is 0.252 e. The van der Waals surface area contributed by atoms with Crippen LogP contribution in [0, 0.1) is 13.8 Å². The second-order valence-electron chi connectivity index (χ2n) is 7.32. The van der Waals surface area contributed by atoms with E-state index in [-0.39, 0.29) is 11.8 Å². The van der Waals surface area contributed by atoms with Crippen molar-refractivity contribution < 1.29 is 9.59 Å². The lowest BCUT2D eigenvalue weighted by Gasteiger charge is -2.14. The van der Waals surface area contributed by atoms with Crippen LogP contribution >= 0.6 is 0 Å². The number of nitrogens with zero attached hydrogens (tertiary/aromatic N) is 3. The van der Waals surface area contributed by atoms with Crippen LogP contribution in [0.15, 0.2) is 36.5 Å². The predicted octanol–water partition coefficient (Wildman–Crippen LogP) is 2.74. The monoisotopic (exact) mass is 393 g/mol. The van der Waals surface area contributed by atoms with Gasteiger partial charge >= 0.3 is 0 Å². The van der Waals surface area contributed by atoms with E-state index in [0.29, 0.717) is 29.7 Å². The van der Waals surface area contributed by atoms with Crippen LogP contribution < -0.4 is 10.6 Å². The van der Waals surface area contributed by atoms with Crippen LogP contribution in [0.25, 0.3) is 11.0 Å². The van der Waals surface area contributed by atoms with Gasteiger partial charge in [-0.1, -0.05) is 36.8 Å². The molecule has 0 saturated carbocycles. The lowest BCUT2D eigenvalue weighted by Crippen LogP contribution is -2.45. The van der Waals surface area contributed by atoms with E-state index in [1.165, 1.54) is 5.56 Å². The van der Waals surface area contributed by atoms with E-state index < -0.39 is 6.04 Å². The molecule has 0 aliphatic heterocycles. The summed E-state index contributed by atoms with van der Waals surface area (Å²) in [6.07, 6.45) is 2.50. The van der Waals surface area contributed by atoms with Gasteiger partial charge in [0.05, 0.1) is 23.7 Å². The molecule has 2 aromatic heterocycles. The first-order chi connectivity index (χ1) is 13.9. The molecule has 0 spiro atoms. The van der Waals surface area contributed by atoms with Gasteiger partial charge in [-0.3, -0.25) is 9.59 Å². The molecule has 2 amide bonds. The molecule has 0 radical (unpaired) electrons. The average molecular weight is 393 g/mol. The van der Waals surface area contributed by atoms with Gasteiger partial charge in [-0.05, 0) is 38.8 Å². The van der Waals surface area contributed by atoms with Crippen molar-refractivity contribution in [2.75, 3.05) is 6.54 Å². The molecule has 1 atom stereocenters. The van der Waals surface area contributed by atoms with Crippen LogP contribution in [0.5, 0.6) is 0 Å². The Morgan fingerprint density at radius 3 is 2.59 bits per heavy atom. The zero-order chi connectivity index (χ0) is 21.0. The van der Waals surface area contributed by atoms with Crippen LogP contribution in [-0.2, 0) is 11.3 Å². The number of benzene rings is 1. The van der Waals surface area contributed by atoms with E-state index >= 15 is 0 Å². The molecule has 0 bridgehead atoms. The third-order valence-corrected chi connectivity index (χ3v) is 4.72. The maximum Gasteiger partial charge on any atom is 0.252 e. The molecule has 0 aliphatic rings. The second-order valence-corrected chi connectivity index (χ2v) is 7.32. The highest BCUT2D eigenvalue weighted by atomic mass is 16.2. The number of rotatable bonds is 7. The van der Waals surface area contributed by atoms with Crippen LogP contribution in [0.3, 0.4) is 0 Å². The largest absolute Gasteiger partial charge is 0.354 e. The fraction of sp³-hybridized carbons (Fsp3) is 0.364. The highest BCUT2D eigenvalue weighted by Crippen LogP contribution is 2.19. The molecule has 3 rings (SSSR count). The van der Waals surface area contributed by atoms with Gasteiger partial charge in [0.1, 0.15) is 6.04 Å². The Hall–Kier alpha value is -3.22. The van der Waals surface area contributed by atoms with Gasteiger partial charge in [0.2, 0.25) is 5.91 Å². The number of aryl methyl sites for hydroxylation is 2. The Morgan fingerprint density at radius 2 is 1.90 bits per heavy atom. The Kier molecular flexibility index (Phi) is 6.26. The molecular formula is C22H27N5O2. The molecule has 0 fully saturated rings. The fourth-order valence-corrected chi connectivity index (χ4v) is 3.08. The average Bonchev–Trinajstić information content (AvgIpc) is 3.09. The van der Waals surface area contributed by atoms with E-state index in [0.717, 1.165) is 17.7 Å². The minimum Gasteiger partial charge on any atom is -0.354 e. The quantitative estimate of drug-likeness (QED) is 0.646. The van der Waals surface area contributed by atoms with Crippen molar-refractivity contribution in [3.05, 3.63) is 58.9 Å². The van der Waals surface area contributed by atoms with Crippen molar-refractivity contribution in [2.45, 2.75) is 46.7 Å². The van der Waals surface area contributed by atoms with Crippen LogP contribution in [0.1, 0.15) is 47.4 Å². The normalized spacial score (nSPS) is 12.0. The van der Waals surface area contributed by atoms with E-state index in [9.17, 15) is 9.59 Å². The first kappa shape index (κ1) is 20.5. The minimum absolute atomic E-state index is 0.197. The van der Waals surface area contributed by atoms with E-state index in [4.69, 9.17) is 0 Å². The number of carbonyl (C=O) groups excluding carboxylic acids is 2. The maximum atomic E-state index is 12.8. The number of fused-ring (bicyclic) bond motifs is 1. The van der Waals surface area contributed by atoms with E-state index in [1.54, 1.807) is 23.9 Å². The van der Waals surface area contributed by atoms with Crippen LogP contribution in [-0.4, -0.2) is 39.2 Å². The minimum atomic E-state index is -0.625. The Balaban J connectivity index is 1.85. The molecule has 7 nitrogen and oxygen atoms in total. The third kappa shape index (κ3) is 4.80. The number of pyridine rings is 1. The highest BCUT2D eigenvalue weighted by molar-refractivity contribution is 6.06. The molecule has 3 aromatic rings. The Labute approximate surface area is 170 Å². The molecule has 1 unspecified atom stereocenters. The summed E-state index contributed by atoms with van der Waals surface area (Å²) in [5, 5.41) is 10.7. The first-order valence-electron chi connectivity index (χ1n) is 9.86. The highest BCUT2D eigenvalue weighted by Gasteiger charge is 2.20. The van der Waals surface area contributed by atoms with Gasteiger partial charge in [0.25, 0.3) is 5.91 Å². The third-order valence-electron chi connectivity index (χ3n) is 4.72. The summed E-state index contributed by atoms with van der Waals surface area (Å²) >= 11 is 0. The van der Waals surface area contributed by atoms with Crippen molar-refractivity contribution in [3.63, 3.8) is 0 Å². The number of aromatic nitrogens is 3. The number of hydrogen-bond acceptors (Lipinski definition) is 4. The summed E-state index contributed by atoms with van der Waals surface area (Å²) in [5.41, 5.74) is 4.15. The number of amides is 2. The van der Waals surface area contributed by atoms with Crippen molar-refractivity contribution in [1.29, 1.82) is 0 Å². The van der Waals surface area contributed by atoms with E-state index in [1.807, 2.05) is 20.8 Å². The van der Waals surface area contributed by atoms with Gasteiger partial charge in [-0.25, -0.2) is 9.67 Å². The SMILES string of the molecule is CCCNC(=O)C(C)NC(=O)c1cc(C)nc2c1cnn2Cc1ccc(C)cc1. The van der Waals surface area contributed by atoms with Gasteiger partial charge < -0.3 is 10.6 Å². The van der Waals surface area contributed by atoms with Gasteiger partial charge in [-0.2, -0.15) is 5.10 Å². The fourth-order valence-electron chi connectivity index (χ4n) is 3.08. The molecule has 7 heteroatoms. The molecule has 2 heterocycles. The maximum absolute atomic E-state index is 12.8. The summed E-state index contributed by atoms with van der Waals surface area (Å²) < 4.78 is 1.79. The topological polar surface area (TPSA) is 88.9 Å². The van der Waals surface area contributed by atoms with Crippen molar-refractivity contribution >= 4 is 22.8 Å². The lowest BCUT2D eigenvalue weighted by molar-refractivity contribution is -0.122. The van der Waals surface area contributed by atoms with Gasteiger partial charge in [-0.15, -0.1) is 0 Å². The molecule has 152 valence electrons. The predicted molar refractivity (Wildman–Crippen MR) is 113 cm³/mol. The molecule has 1 aromatic carbocycles. The summed E-state index contributed by atoms with van der Waals surface area (Å²) in [5.74, 6) is -0.508. The van der Waals surface area contributed by atoms with E-state index in [2.05, 4.69) is 45.0 Å². The summed E-state index contributed by atoms with van der Waals surface area (Å²) in [7, 11) is 0. The summed E-state index contributed by atoms with van der Waals surface area (Å²) in [6, 6.07) is 9.34. The van der Waals surface area contributed by atoms with Crippen molar-refractivity contribution in [2.24, 2.45) is 0 Å². The van der Waals surface area contributed by atoms with Gasteiger partial charge in [0.15, 0.2) is 5.65 Å². The Bertz CT molecular complexity index is 1020. The lowest BCUT2D eigenvalue weighted by atomic mass is 10.1. The number of carbonyl (C=O) groups is 2. The molecule has 0 aliphatic carbocycles.